The lowest BCUT2D eigenvalue weighted by atomic mass is 10.00. The Morgan fingerprint density at radius 2 is 1.82 bits per heavy atom. The average molecular weight is 396 g/mol. The van der Waals surface area contributed by atoms with Gasteiger partial charge in [-0.2, -0.15) is 0 Å². The molecule has 0 radical (unpaired) electrons. The predicted octanol–water partition coefficient (Wildman–Crippen LogP) is 4.34. The normalized spacial score (nSPS) is 15.8. The van der Waals surface area contributed by atoms with Gasteiger partial charge in [0.2, 0.25) is 0 Å². The number of aromatic nitrogens is 1. The van der Waals surface area contributed by atoms with E-state index < -0.39 is 4.92 Å². The minimum atomic E-state index is -0.411. The summed E-state index contributed by atoms with van der Waals surface area (Å²) in [6, 6.07) is 16.4. The van der Waals surface area contributed by atoms with E-state index in [0.717, 1.165) is 17.8 Å². The van der Waals surface area contributed by atoms with E-state index in [1.54, 1.807) is 24.3 Å². The zero-order valence-corrected chi connectivity index (χ0v) is 15.6. The molecule has 1 aromatic heterocycles. The summed E-state index contributed by atoms with van der Waals surface area (Å²) in [4.78, 5) is 12.6. The largest absolute Gasteiger partial charge is 0.348 e. The first-order chi connectivity index (χ1) is 13.5. The third kappa shape index (κ3) is 3.46. The second kappa shape index (κ2) is 7.40. The molecule has 142 valence electrons. The number of thiocarbonyl (C=S) groups is 1. The minimum Gasteiger partial charge on any atom is -0.348 e. The van der Waals surface area contributed by atoms with Crippen molar-refractivity contribution in [2.45, 2.75) is 12.6 Å². The molecule has 1 aliphatic rings. The number of nitro groups is 1. The zero-order valence-electron chi connectivity index (χ0n) is 14.8. The fraction of sp³-hybridized carbons (Fsp3) is 0.150. The monoisotopic (exact) mass is 396 g/mol. The van der Waals surface area contributed by atoms with E-state index in [-0.39, 0.29) is 17.5 Å². The third-order valence-corrected chi connectivity index (χ3v) is 5.15. The topological polar surface area (TPSA) is 63.3 Å². The molecule has 4 rings (SSSR count). The van der Waals surface area contributed by atoms with Gasteiger partial charge in [0.15, 0.2) is 5.11 Å². The molecule has 0 saturated carbocycles. The van der Waals surface area contributed by atoms with Crippen molar-refractivity contribution in [1.29, 1.82) is 0 Å². The lowest BCUT2D eigenvalue weighted by Gasteiger charge is -2.39. The summed E-state index contributed by atoms with van der Waals surface area (Å²) in [7, 11) is 0. The molecule has 1 N–H and O–H groups in total. The van der Waals surface area contributed by atoms with E-state index in [0.29, 0.717) is 17.3 Å². The first kappa shape index (κ1) is 18.1. The van der Waals surface area contributed by atoms with Crippen LogP contribution in [0.5, 0.6) is 0 Å². The molecule has 3 aromatic rings. The smallest absolute Gasteiger partial charge is 0.269 e. The molecule has 1 atom stereocenters. The Labute approximate surface area is 166 Å². The number of nitrogens with one attached hydrogen (secondary N) is 1. The van der Waals surface area contributed by atoms with Gasteiger partial charge < -0.3 is 14.8 Å². The Morgan fingerprint density at radius 3 is 2.50 bits per heavy atom. The highest BCUT2D eigenvalue weighted by Crippen LogP contribution is 2.33. The summed E-state index contributed by atoms with van der Waals surface area (Å²) in [6.07, 6.45) is 2.02. The van der Waals surface area contributed by atoms with E-state index in [1.165, 1.54) is 24.3 Å². The summed E-state index contributed by atoms with van der Waals surface area (Å²) in [5, 5.41) is 14.7. The summed E-state index contributed by atoms with van der Waals surface area (Å²) < 4.78 is 15.3. The molecule has 2 aromatic carbocycles. The predicted molar refractivity (Wildman–Crippen MR) is 109 cm³/mol. The molecule has 6 nitrogen and oxygen atoms in total. The van der Waals surface area contributed by atoms with E-state index in [1.807, 2.05) is 18.3 Å². The SMILES string of the molecule is O=[N+]([O-])c1ccc([C@H]2c3cccn3CCN2C(=S)Nc2ccc(F)cc2)cc1. The summed E-state index contributed by atoms with van der Waals surface area (Å²) >= 11 is 5.64. The second-order valence-electron chi connectivity index (χ2n) is 6.51. The van der Waals surface area contributed by atoms with Gasteiger partial charge in [0, 0.05) is 42.8 Å². The summed E-state index contributed by atoms with van der Waals surface area (Å²) in [6.45, 7) is 1.45. The van der Waals surface area contributed by atoms with Crippen LogP contribution in [0.3, 0.4) is 0 Å². The molecule has 0 amide bonds. The number of benzene rings is 2. The maximum atomic E-state index is 13.2. The first-order valence-electron chi connectivity index (χ1n) is 8.75. The van der Waals surface area contributed by atoms with Crippen molar-refractivity contribution in [1.82, 2.24) is 9.47 Å². The summed E-state index contributed by atoms with van der Waals surface area (Å²) in [5.41, 5.74) is 2.72. The fourth-order valence-corrected chi connectivity index (χ4v) is 3.77. The van der Waals surface area contributed by atoms with Crippen LogP contribution < -0.4 is 5.32 Å². The number of nitrogens with zero attached hydrogens (tertiary/aromatic N) is 3. The maximum Gasteiger partial charge on any atom is 0.269 e. The Balaban J connectivity index is 1.66. The molecule has 0 spiro atoms. The van der Waals surface area contributed by atoms with Gasteiger partial charge in [-0.1, -0.05) is 0 Å². The van der Waals surface area contributed by atoms with E-state index in [4.69, 9.17) is 12.2 Å². The highest BCUT2D eigenvalue weighted by molar-refractivity contribution is 7.80. The Morgan fingerprint density at radius 1 is 1.11 bits per heavy atom. The van der Waals surface area contributed by atoms with Gasteiger partial charge in [-0.05, 0) is 66.3 Å². The number of hydrogen-bond donors (Lipinski definition) is 1. The van der Waals surface area contributed by atoms with Gasteiger partial charge in [0.05, 0.1) is 11.0 Å². The molecule has 2 heterocycles. The first-order valence-corrected chi connectivity index (χ1v) is 9.16. The lowest BCUT2D eigenvalue weighted by Crippen LogP contribution is -2.44. The van der Waals surface area contributed by atoms with Gasteiger partial charge in [-0.15, -0.1) is 0 Å². The van der Waals surface area contributed by atoms with Crippen LogP contribution in [0.25, 0.3) is 0 Å². The minimum absolute atomic E-state index is 0.0495. The number of hydrogen-bond acceptors (Lipinski definition) is 3. The fourth-order valence-electron chi connectivity index (χ4n) is 3.46. The number of halogens is 1. The third-order valence-electron chi connectivity index (χ3n) is 4.81. The number of non-ortho nitro benzene ring substituents is 1. The zero-order chi connectivity index (χ0) is 19.7. The maximum absolute atomic E-state index is 13.2. The van der Waals surface area contributed by atoms with Crippen molar-refractivity contribution in [2.75, 3.05) is 11.9 Å². The van der Waals surface area contributed by atoms with Crippen LogP contribution in [0.2, 0.25) is 0 Å². The highest BCUT2D eigenvalue weighted by Gasteiger charge is 2.30. The highest BCUT2D eigenvalue weighted by atomic mass is 32.1. The molecular weight excluding hydrogens is 379 g/mol. The number of fused-ring (bicyclic) bond motifs is 1. The molecule has 8 heteroatoms. The van der Waals surface area contributed by atoms with Crippen LogP contribution in [-0.2, 0) is 6.54 Å². The van der Waals surface area contributed by atoms with Crippen molar-refractivity contribution in [3.8, 4) is 0 Å². The quantitative estimate of drug-likeness (QED) is 0.405. The standard InChI is InChI=1S/C20H17FN4O2S/c21-15-5-7-16(8-6-15)22-20(28)24-13-12-23-11-1-2-18(23)19(24)14-3-9-17(10-4-14)25(26)27/h1-11,19H,12-13H2,(H,22,28)/t19-/m0/s1. The van der Waals surface area contributed by atoms with Crippen LogP contribution >= 0.6 is 12.2 Å². The van der Waals surface area contributed by atoms with E-state index >= 15 is 0 Å². The summed E-state index contributed by atoms with van der Waals surface area (Å²) in [5.74, 6) is -0.309. The molecular formula is C20H17FN4O2S. The van der Waals surface area contributed by atoms with Crippen molar-refractivity contribution in [3.63, 3.8) is 0 Å². The average Bonchev–Trinajstić information content (AvgIpc) is 3.18. The van der Waals surface area contributed by atoms with Gasteiger partial charge in [-0.3, -0.25) is 10.1 Å². The van der Waals surface area contributed by atoms with Crippen LogP contribution in [0, 0.1) is 15.9 Å². The molecule has 28 heavy (non-hydrogen) atoms. The molecule has 1 aliphatic heterocycles. The number of anilines is 1. The van der Waals surface area contributed by atoms with Crippen LogP contribution in [0.15, 0.2) is 66.9 Å². The van der Waals surface area contributed by atoms with Gasteiger partial charge in [-0.25, -0.2) is 4.39 Å². The van der Waals surface area contributed by atoms with E-state index in [9.17, 15) is 14.5 Å². The molecule has 0 saturated heterocycles. The lowest BCUT2D eigenvalue weighted by molar-refractivity contribution is -0.384. The van der Waals surface area contributed by atoms with Crippen LogP contribution in [0.1, 0.15) is 17.3 Å². The van der Waals surface area contributed by atoms with Crippen LogP contribution in [0.4, 0.5) is 15.8 Å². The number of nitro benzene ring substituents is 1. The van der Waals surface area contributed by atoms with Crippen molar-refractivity contribution in [2.24, 2.45) is 0 Å². The number of rotatable bonds is 3. The van der Waals surface area contributed by atoms with Crippen molar-refractivity contribution >= 4 is 28.7 Å². The molecule has 0 aliphatic carbocycles. The van der Waals surface area contributed by atoms with Crippen molar-refractivity contribution < 1.29 is 9.31 Å². The Kier molecular flexibility index (Phi) is 4.79. The molecule has 0 unspecified atom stereocenters. The molecule has 0 fully saturated rings. The van der Waals surface area contributed by atoms with Gasteiger partial charge in [0.1, 0.15) is 5.82 Å². The van der Waals surface area contributed by atoms with E-state index in [2.05, 4.69) is 14.8 Å². The van der Waals surface area contributed by atoms with Gasteiger partial charge >= 0.3 is 0 Å². The Hall–Kier alpha value is -3.26. The van der Waals surface area contributed by atoms with Gasteiger partial charge in [0.25, 0.3) is 5.69 Å². The molecule has 0 bridgehead atoms. The Bertz CT molecular complexity index is 1020. The van der Waals surface area contributed by atoms with Crippen molar-refractivity contribution in [3.05, 3.63) is 94.0 Å². The second-order valence-corrected chi connectivity index (χ2v) is 6.89. The van der Waals surface area contributed by atoms with Crippen LogP contribution in [-0.4, -0.2) is 26.0 Å².